The molecule has 2 fully saturated rings. The third kappa shape index (κ3) is 7.73. The Morgan fingerprint density at radius 2 is 1.48 bits per heavy atom. The molecule has 2 heterocycles. The maximum absolute atomic E-state index is 13.1. The van der Waals surface area contributed by atoms with Crippen LogP contribution in [-0.2, 0) is 9.59 Å². The summed E-state index contributed by atoms with van der Waals surface area (Å²) in [5, 5.41) is 0.279. The molecule has 3 aromatic rings. The molecule has 0 unspecified atom stereocenters. The van der Waals surface area contributed by atoms with Gasteiger partial charge in [0.1, 0.15) is 17.2 Å². The normalized spacial score (nSPS) is 16.8. The van der Waals surface area contributed by atoms with E-state index >= 15 is 0 Å². The number of hydrogen-bond acceptors (Lipinski definition) is 7. The molecule has 2 aliphatic heterocycles. The van der Waals surface area contributed by atoms with Crippen LogP contribution >= 0.6 is 23.4 Å². The molecule has 3 aromatic carbocycles. The maximum atomic E-state index is 13.1. The predicted molar refractivity (Wildman–Crippen MR) is 166 cm³/mol. The van der Waals surface area contributed by atoms with Crippen LogP contribution in [0, 0.1) is 0 Å². The minimum Gasteiger partial charge on any atom is -0.494 e. The van der Waals surface area contributed by atoms with Crippen molar-refractivity contribution in [2.24, 2.45) is 0 Å². The Kier molecular flexibility index (Phi) is 9.84. The third-order valence-corrected chi connectivity index (χ3v) is 8.15. The lowest BCUT2D eigenvalue weighted by molar-refractivity contribution is -0.132. The smallest absolute Gasteiger partial charge is 0.298 e. The van der Waals surface area contributed by atoms with Crippen LogP contribution in [0.15, 0.2) is 77.7 Å². The molecule has 0 N–H and O–H groups in total. The molecule has 0 bridgehead atoms. The molecule has 0 aliphatic carbocycles. The highest BCUT2D eigenvalue weighted by Crippen LogP contribution is 2.36. The zero-order valence-corrected chi connectivity index (χ0v) is 24.9. The van der Waals surface area contributed by atoms with Gasteiger partial charge in [-0.05, 0) is 104 Å². The van der Waals surface area contributed by atoms with Crippen LogP contribution in [0.3, 0.4) is 0 Å². The Morgan fingerprint density at radius 3 is 2.14 bits per heavy atom. The molecule has 8 nitrogen and oxygen atoms in total. The second-order valence-corrected chi connectivity index (χ2v) is 11.6. The van der Waals surface area contributed by atoms with Crippen LogP contribution in [0.2, 0.25) is 5.02 Å². The van der Waals surface area contributed by atoms with Gasteiger partial charge in [-0.3, -0.25) is 14.4 Å². The van der Waals surface area contributed by atoms with Gasteiger partial charge < -0.3 is 19.3 Å². The zero-order chi connectivity index (χ0) is 29.5. The standard InChI is InChI=1S/C32H32ClN3O5S/c1-34-17-19-35(20-18-34)30(37)4-2-3-21-40-26-15-9-25(10-16-26)36-31(38)29(42-32(36)39)22-23-5-11-27(12-6-23)41-28-13-7-24(33)8-14-28/h5-16,22H,2-4,17-21H2,1H3. The SMILES string of the molecule is CN1CCN(C(=O)CCCCOc2ccc(N3C(=O)SC(=Cc4ccc(Oc5ccc(Cl)cc5)cc4)C3=O)cc2)CC1. The summed E-state index contributed by atoms with van der Waals surface area (Å²) >= 11 is 6.82. The average Bonchev–Trinajstić information content (AvgIpc) is 3.27. The lowest BCUT2D eigenvalue weighted by Gasteiger charge is -2.32. The molecule has 2 aliphatic rings. The highest BCUT2D eigenvalue weighted by Gasteiger charge is 2.36. The summed E-state index contributed by atoms with van der Waals surface area (Å²) in [5.74, 6) is 1.79. The summed E-state index contributed by atoms with van der Waals surface area (Å²) in [7, 11) is 2.07. The van der Waals surface area contributed by atoms with Crippen molar-refractivity contribution in [3.63, 3.8) is 0 Å². The van der Waals surface area contributed by atoms with Crippen LogP contribution in [0.25, 0.3) is 6.08 Å². The van der Waals surface area contributed by atoms with E-state index in [9.17, 15) is 14.4 Å². The van der Waals surface area contributed by atoms with Crippen LogP contribution in [-0.4, -0.2) is 66.7 Å². The first-order valence-corrected chi connectivity index (χ1v) is 15.1. The van der Waals surface area contributed by atoms with Crippen molar-refractivity contribution < 1.29 is 23.9 Å². The molecule has 0 atom stereocenters. The molecule has 0 aromatic heterocycles. The van der Waals surface area contributed by atoms with Gasteiger partial charge in [0.25, 0.3) is 11.1 Å². The van der Waals surface area contributed by atoms with Crippen molar-refractivity contribution in [2.75, 3.05) is 44.7 Å². The van der Waals surface area contributed by atoms with Gasteiger partial charge in [-0.2, -0.15) is 0 Å². The first kappa shape index (κ1) is 29.7. The topological polar surface area (TPSA) is 79.4 Å². The van der Waals surface area contributed by atoms with E-state index in [0.717, 1.165) is 56.3 Å². The molecular weight excluding hydrogens is 574 g/mol. The quantitative estimate of drug-likeness (QED) is 0.188. The Hall–Kier alpha value is -3.79. The van der Waals surface area contributed by atoms with Crippen molar-refractivity contribution in [1.29, 1.82) is 0 Å². The van der Waals surface area contributed by atoms with Gasteiger partial charge in [0, 0.05) is 37.6 Å². The van der Waals surface area contributed by atoms with E-state index in [1.165, 1.54) is 4.90 Å². The summed E-state index contributed by atoms with van der Waals surface area (Å²) < 4.78 is 11.6. The third-order valence-electron chi connectivity index (χ3n) is 7.03. The Labute approximate surface area is 254 Å². The summed E-state index contributed by atoms with van der Waals surface area (Å²) in [6.45, 7) is 3.93. The number of anilines is 1. The average molecular weight is 606 g/mol. The minimum atomic E-state index is -0.370. The summed E-state index contributed by atoms with van der Waals surface area (Å²) in [5.41, 5.74) is 1.26. The molecule has 2 saturated heterocycles. The van der Waals surface area contributed by atoms with Crippen molar-refractivity contribution >= 4 is 52.2 Å². The lowest BCUT2D eigenvalue weighted by Crippen LogP contribution is -2.47. The molecule has 218 valence electrons. The van der Waals surface area contributed by atoms with Gasteiger partial charge in [-0.25, -0.2) is 4.90 Å². The lowest BCUT2D eigenvalue weighted by atomic mass is 10.2. The fourth-order valence-electron chi connectivity index (χ4n) is 4.59. The summed E-state index contributed by atoms with van der Waals surface area (Å²) in [4.78, 5) is 43.8. The van der Waals surface area contributed by atoms with Crippen LogP contribution < -0.4 is 14.4 Å². The first-order valence-electron chi connectivity index (χ1n) is 13.9. The van der Waals surface area contributed by atoms with Crippen molar-refractivity contribution in [3.05, 3.63) is 88.3 Å². The molecule has 3 amide bonds. The number of unbranched alkanes of at least 4 members (excludes halogenated alkanes) is 1. The van der Waals surface area contributed by atoms with E-state index in [0.29, 0.717) is 45.9 Å². The number of carbonyl (C=O) groups is 3. The van der Waals surface area contributed by atoms with E-state index in [1.54, 1.807) is 66.7 Å². The first-order chi connectivity index (χ1) is 20.4. The highest BCUT2D eigenvalue weighted by molar-refractivity contribution is 8.19. The van der Waals surface area contributed by atoms with Gasteiger partial charge in [0.15, 0.2) is 0 Å². The fraction of sp³-hybridized carbons (Fsp3) is 0.281. The van der Waals surface area contributed by atoms with Crippen molar-refractivity contribution in [2.45, 2.75) is 19.3 Å². The molecule has 0 saturated carbocycles. The second kappa shape index (κ2) is 13.9. The van der Waals surface area contributed by atoms with E-state index in [-0.39, 0.29) is 17.1 Å². The number of likely N-dealkylation sites (N-methyl/N-ethyl adjacent to an activating group) is 1. The Morgan fingerprint density at radius 1 is 0.857 bits per heavy atom. The number of carbonyl (C=O) groups excluding carboxylic acids is 3. The molecule has 42 heavy (non-hydrogen) atoms. The number of ether oxygens (including phenoxy) is 2. The van der Waals surface area contributed by atoms with E-state index in [2.05, 4.69) is 11.9 Å². The Balaban J connectivity index is 1.09. The number of imide groups is 1. The maximum Gasteiger partial charge on any atom is 0.298 e. The molecule has 0 spiro atoms. The van der Waals surface area contributed by atoms with Crippen molar-refractivity contribution in [1.82, 2.24) is 9.80 Å². The van der Waals surface area contributed by atoms with Crippen LogP contribution in [0.1, 0.15) is 24.8 Å². The monoisotopic (exact) mass is 605 g/mol. The zero-order valence-electron chi connectivity index (χ0n) is 23.3. The molecule has 5 rings (SSSR count). The number of hydrogen-bond donors (Lipinski definition) is 0. The number of piperazine rings is 1. The van der Waals surface area contributed by atoms with Crippen LogP contribution in [0.5, 0.6) is 17.2 Å². The second-order valence-electron chi connectivity index (χ2n) is 10.1. The van der Waals surface area contributed by atoms with Gasteiger partial charge in [-0.15, -0.1) is 0 Å². The Bertz CT molecular complexity index is 1440. The number of amides is 3. The number of nitrogens with zero attached hydrogens (tertiary/aromatic N) is 3. The van der Waals surface area contributed by atoms with Crippen LogP contribution in [0.4, 0.5) is 10.5 Å². The van der Waals surface area contributed by atoms with Gasteiger partial charge in [-0.1, -0.05) is 23.7 Å². The van der Waals surface area contributed by atoms with Gasteiger partial charge in [0.05, 0.1) is 17.2 Å². The molecule has 0 radical (unpaired) electrons. The fourth-order valence-corrected chi connectivity index (χ4v) is 5.55. The highest BCUT2D eigenvalue weighted by atomic mass is 35.5. The predicted octanol–water partition coefficient (Wildman–Crippen LogP) is 6.70. The molecule has 10 heteroatoms. The van der Waals surface area contributed by atoms with E-state index in [1.807, 2.05) is 17.0 Å². The summed E-state index contributed by atoms with van der Waals surface area (Å²) in [6.07, 6.45) is 3.76. The van der Waals surface area contributed by atoms with Crippen molar-refractivity contribution in [3.8, 4) is 17.2 Å². The molecular formula is C32H32ClN3O5S. The number of benzene rings is 3. The van der Waals surface area contributed by atoms with E-state index < -0.39 is 0 Å². The minimum absolute atomic E-state index is 0.207. The number of thioether (sulfide) groups is 1. The van der Waals surface area contributed by atoms with Gasteiger partial charge >= 0.3 is 0 Å². The number of halogens is 1. The van der Waals surface area contributed by atoms with E-state index in [4.69, 9.17) is 21.1 Å². The summed E-state index contributed by atoms with van der Waals surface area (Å²) in [6, 6.07) is 21.2. The van der Waals surface area contributed by atoms with Gasteiger partial charge in [0.2, 0.25) is 5.91 Å². The largest absolute Gasteiger partial charge is 0.494 e. The number of rotatable bonds is 10.